The molecule has 0 spiro atoms. The van der Waals surface area contributed by atoms with Gasteiger partial charge in [0.05, 0.1) is 12.1 Å². The number of amides is 1. The van der Waals surface area contributed by atoms with Crippen LogP contribution in [0.5, 0.6) is 0 Å². The number of ether oxygens (including phenoxy) is 1. The number of hydrogen-bond acceptors (Lipinski definition) is 4. The van der Waals surface area contributed by atoms with Crippen LogP contribution in [0.25, 0.3) is 0 Å². The Labute approximate surface area is 124 Å². The number of methoxy groups -OCH3 is 1. The molecule has 0 rings (SSSR count). The van der Waals surface area contributed by atoms with Crippen LogP contribution in [-0.4, -0.2) is 55.7 Å². The molecule has 1 amide bonds. The Bertz CT molecular complexity index is 274. The second kappa shape index (κ2) is 10.1. The van der Waals surface area contributed by atoms with Gasteiger partial charge in [0.1, 0.15) is 0 Å². The van der Waals surface area contributed by atoms with Gasteiger partial charge in [-0.05, 0) is 39.7 Å². The summed E-state index contributed by atoms with van der Waals surface area (Å²) in [5.74, 6) is -0.276. The Morgan fingerprint density at radius 3 is 2.50 bits per heavy atom. The van der Waals surface area contributed by atoms with E-state index in [1.807, 2.05) is 6.92 Å². The average molecular weight is 287 g/mol. The minimum atomic E-state index is -0.630. The number of hydrogen-bond donors (Lipinski definition) is 2. The van der Waals surface area contributed by atoms with Gasteiger partial charge in [-0.3, -0.25) is 9.69 Å². The second-order valence-electron chi connectivity index (χ2n) is 5.66. The number of nitrogens with zero attached hydrogens (tertiary/aromatic N) is 1. The van der Waals surface area contributed by atoms with Crippen LogP contribution >= 0.6 is 0 Å². The average Bonchev–Trinajstić information content (AvgIpc) is 2.44. The van der Waals surface area contributed by atoms with Crippen molar-refractivity contribution < 1.29 is 9.53 Å². The summed E-state index contributed by atoms with van der Waals surface area (Å²) in [6.07, 6.45) is 2.79. The van der Waals surface area contributed by atoms with Crippen molar-refractivity contribution in [2.45, 2.75) is 58.5 Å². The van der Waals surface area contributed by atoms with Crippen LogP contribution in [0.3, 0.4) is 0 Å². The van der Waals surface area contributed by atoms with Crippen molar-refractivity contribution in [2.24, 2.45) is 5.73 Å². The summed E-state index contributed by atoms with van der Waals surface area (Å²) in [6, 6.07) is 0.480. The van der Waals surface area contributed by atoms with Gasteiger partial charge in [0.2, 0.25) is 5.91 Å². The van der Waals surface area contributed by atoms with E-state index in [1.165, 1.54) is 0 Å². The lowest BCUT2D eigenvalue weighted by Gasteiger charge is -2.33. The highest BCUT2D eigenvalue weighted by molar-refractivity contribution is 5.84. The molecule has 0 fully saturated rings. The largest absolute Gasteiger partial charge is 0.383 e. The summed E-state index contributed by atoms with van der Waals surface area (Å²) in [6.45, 7) is 11.6. The van der Waals surface area contributed by atoms with E-state index in [2.05, 4.69) is 31.0 Å². The van der Waals surface area contributed by atoms with E-state index in [9.17, 15) is 4.79 Å². The number of primary amides is 1. The zero-order valence-electron chi connectivity index (χ0n) is 13.9. The van der Waals surface area contributed by atoms with Crippen LogP contribution in [-0.2, 0) is 9.53 Å². The fourth-order valence-electron chi connectivity index (χ4n) is 2.09. The lowest BCUT2D eigenvalue weighted by Crippen LogP contribution is -2.55. The van der Waals surface area contributed by atoms with Gasteiger partial charge in [-0.25, -0.2) is 0 Å². The van der Waals surface area contributed by atoms with Crippen molar-refractivity contribution in [3.63, 3.8) is 0 Å². The van der Waals surface area contributed by atoms with Gasteiger partial charge in [0.25, 0.3) is 0 Å². The molecule has 5 heteroatoms. The van der Waals surface area contributed by atoms with Crippen LogP contribution in [0.15, 0.2) is 0 Å². The highest BCUT2D eigenvalue weighted by Gasteiger charge is 2.30. The van der Waals surface area contributed by atoms with Crippen LogP contribution in [0, 0.1) is 0 Å². The van der Waals surface area contributed by atoms with Crippen LogP contribution in [0.4, 0.5) is 0 Å². The lowest BCUT2D eigenvalue weighted by atomic mass is 9.96. The zero-order valence-corrected chi connectivity index (χ0v) is 13.9. The third-order valence-corrected chi connectivity index (χ3v) is 4.00. The molecule has 0 aliphatic carbocycles. The maximum absolute atomic E-state index is 11.7. The fourth-order valence-corrected chi connectivity index (χ4v) is 2.09. The third-order valence-electron chi connectivity index (χ3n) is 4.00. The van der Waals surface area contributed by atoms with Crippen molar-refractivity contribution in [1.29, 1.82) is 0 Å². The Balaban J connectivity index is 4.56. The summed E-state index contributed by atoms with van der Waals surface area (Å²) in [5.41, 5.74) is 4.93. The molecule has 0 radical (unpaired) electrons. The summed E-state index contributed by atoms with van der Waals surface area (Å²) in [7, 11) is 1.71. The molecular formula is C15H33N3O2. The Morgan fingerprint density at radius 1 is 1.40 bits per heavy atom. The molecule has 2 atom stereocenters. The van der Waals surface area contributed by atoms with Crippen LogP contribution in [0.1, 0.15) is 47.0 Å². The molecular weight excluding hydrogens is 254 g/mol. The number of carbonyl (C=O) groups is 1. The first-order chi connectivity index (χ1) is 9.41. The zero-order chi connectivity index (χ0) is 15.6. The molecule has 0 aromatic rings. The van der Waals surface area contributed by atoms with Gasteiger partial charge in [0.15, 0.2) is 0 Å². The van der Waals surface area contributed by atoms with Crippen molar-refractivity contribution in [1.82, 2.24) is 10.2 Å². The molecule has 0 aliphatic rings. The minimum Gasteiger partial charge on any atom is -0.383 e. The van der Waals surface area contributed by atoms with Gasteiger partial charge in [-0.1, -0.05) is 13.8 Å². The molecule has 0 heterocycles. The Hall–Kier alpha value is -0.650. The lowest BCUT2D eigenvalue weighted by molar-refractivity contribution is -0.124. The molecule has 2 unspecified atom stereocenters. The number of nitrogens with two attached hydrogens (primary N) is 1. The van der Waals surface area contributed by atoms with Crippen molar-refractivity contribution in [3.8, 4) is 0 Å². The third kappa shape index (κ3) is 6.68. The SMILES string of the molecule is CCCNC(C)(CCN(CCOC)C(C)CC)C(N)=O. The normalized spacial score (nSPS) is 16.1. The van der Waals surface area contributed by atoms with Crippen molar-refractivity contribution >= 4 is 5.91 Å². The van der Waals surface area contributed by atoms with Gasteiger partial charge in [0, 0.05) is 26.2 Å². The van der Waals surface area contributed by atoms with E-state index in [-0.39, 0.29) is 5.91 Å². The standard InChI is InChI=1S/C15H33N3O2/c1-6-9-17-15(4,14(16)19)8-10-18(11-12-20-5)13(3)7-2/h13,17H,6-12H2,1-5H3,(H2,16,19). The van der Waals surface area contributed by atoms with E-state index in [4.69, 9.17) is 10.5 Å². The molecule has 20 heavy (non-hydrogen) atoms. The summed E-state index contributed by atoms with van der Waals surface area (Å²) in [5, 5.41) is 3.28. The smallest absolute Gasteiger partial charge is 0.237 e. The quantitative estimate of drug-likeness (QED) is 0.569. The predicted molar refractivity (Wildman–Crippen MR) is 83.7 cm³/mol. The second-order valence-corrected chi connectivity index (χ2v) is 5.66. The van der Waals surface area contributed by atoms with E-state index in [0.717, 1.165) is 38.9 Å². The van der Waals surface area contributed by atoms with Gasteiger partial charge in [-0.2, -0.15) is 0 Å². The van der Waals surface area contributed by atoms with Crippen LogP contribution in [0.2, 0.25) is 0 Å². The Morgan fingerprint density at radius 2 is 2.05 bits per heavy atom. The molecule has 3 N–H and O–H groups in total. The molecule has 0 saturated heterocycles. The van der Waals surface area contributed by atoms with Crippen molar-refractivity contribution in [2.75, 3.05) is 33.4 Å². The first-order valence-electron chi connectivity index (χ1n) is 7.69. The maximum atomic E-state index is 11.7. The summed E-state index contributed by atoms with van der Waals surface area (Å²) < 4.78 is 5.16. The van der Waals surface area contributed by atoms with E-state index >= 15 is 0 Å². The first-order valence-corrected chi connectivity index (χ1v) is 7.69. The molecule has 0 saturated carbocycles. The van der Waals surface area contributed by atoms with E-state index in [1.54, 1.807) is 7.11 Å². The number of carbonyl (C=O) groups excluding carboxylic acids is 1. The number of rotatable bonds is 12. The van der Waals surface area contributed by atoms with E-state index < -0.39 is 5.54 Å². The van der Waals surface area contributed by atoms with Gasteiger partial charge in [-0.15, -0.1) is 0 Å². The summed E-state index contributed by atoms with van der Waals surface area (Å²) in [4.78, 5) is 14.1. The Kier molecular flexibility index (Phi) is 9.80. The monoisotopic (exact) mass is 287 g/mol. The van der Waals surface area contributed by atoms with E-state index in [0.29, 0.717) is 12.6 Å². The minimum absolute atomic E-state index is 0.276. The predicted octanol–water partition coefficient (Wildman–Crippen LogP) is 1.37. The van der Waals surface area contributed by atoms with Crippen LogP contribution < -0.4 is 11.1 Å². The molecule has 5 nitrogen and oxygen atoms in total. The molecule has 0 bridgehead atoms. The first kappa shape index (κ1) is 19.4. The van der Waals surface area contributed by atoms with Gasteiger partial charge >= 0.3 is 0 Å². The number of nitrogens with one attached hydrogen (secondary N) is 1. The molecule has 0 aromatic carbocycles. The molecule has 120 valence electrons. The highest BCUT2D eigenvalue weighted by atomic mass is 16.5. The highest BCUT2D eigenvalue weighted by Crippen LogP contribution is 2.13. The molecule has 0 aromatic heterocycles. The van der Waals surface area contributed by atoms with Crippen molar-refractivity contribution in [3.05, 3.63) is 0 Å². The topological polar surface area (TPSA) is 67.6 Å². The fraction of sp³-hybridized carbons (Fsp3) is 0.933. The summed E-state index contributed by atoms with van der Waals surface area (Å²) >= 11 is 0. The van der Waals surface area contributed by atoms with Gasteiger partial charge < -0.3 is 15.8 Å². The molecule has 0 aliphatic heterocycles. The maximum Gasteiger partial charge on any atom is 0.237 e.